The first-order valence-corrected chi connectivity index (χ1v) is 10.2. The Morgan fingerprint density at radius 3 is 2.67 bits per heavy atom. The lowest BCUT2D eigenvalue weighted by molar-refractivity contribution is -0.119. The number of sulfonamides is 1. The summed E-state index contributed by atoms with van der Waals surface area (Å²) >= 11 is 0. The Morgan fingerprint density at radius 2 is 1.96 bits per heavy atom. The highest BCUT2D eigenvalue weighted by Crippen LogP contribution is 2.34. The van der Waals surface area contributed by atoms with Crippen LogP contribution in [0.4, 0.5) is 5.69 Å². The van der Waals surface area contributed by atoms with Crippen molar-refractivity contribution in [2.45, 2.75) is 13.5 Å². The highest BCUT2D eigenvalue weighted by Gasteiger charge is 2.25. The van der Waals surface area contributed by atoms with E-state index in [4.69, 9.17) is 9.47 Å². The molecule has 8 nitrogen and oxygen atoms in total. The number of amides is 1. The van der Waals surface area contributed by atoms with Gasteiger partial charge in [-0.25, -0.2) is 8.42 Å². The molecular formula is C18H21N3O5S. The summed E-state index contributed by atoms with van der Waals surface area (Å²) in [7, 11) is -3.66. The van der Waals surface area contributed by atoms with Gasteiger partial charge in [-0.2, -0.15) is 0 Å². The third-order valence-electron chi connectivity index (χ3n) is 3.99. The highest BCUT2D eigenvalue weighted by molar-refractivity contribution is 7.92. The molecule has 144 valence electrons. The SMILES string of the molecule is CCS(=O)(=O)N(CC(=O)NCc1ccccn1)c1ccc2c(c1)OCCO2. The molecule has 0 saturated heterocycles. The number of fused-ring (bicyclic) bond motifs is 1. The lowest BCUT2D eigenvalue weighted by Gasteiger charge is -2.25. The van der Waals surface area contributed by atoms with E-state index in [1.165, 1.54) is 6.92 Å². The van der Waals surface area contributed by atoms with E-state index in [1.54, 1.807) is 36.5 Å². The van der Waals surface area contributed by atoms with Crippen LogP contribution in [0.5, 0.6) is 11.5 Å². The zero-order chi connectivity index (χ0) is 19.3. The largest absolute Gasteiger partial charge is 0.486 e. The molecule has 1 aliphatic heterocycles. The summed E-state index contributed by atoms with van der Waals surface area (Å²) in [6, 6.07) is 10.2. The molecule has 1 aliphatic rings. The first kappa shape index (κ1) is 19.0. The van der Waals surface area contributed by atoms with Gasteiger partial charge in [0, 0.05) is 12.3 Å². The highest BCUT2D eigenvalue weighted by atomic mass is 32.2. The van der Waals surface area contributed by atoms with E-state index in [0.717, 1.165) is 4.31 Å². The minimum atomic E-state index is -3.66. The minimum absolute atomic E-state index is 0.130. The van der Waals surface area contributed by atoms with Crippen molar-refractivity contribution in [3.63, 3.8) is 0 Å². The molecule has 0 aliphatic carbocycles. The van der Waals surface area contributed by atoms with Gasteiger partial charge in [-0.15, -0.1) is 0 Å². The number of pyridine rings is 1. The van der Waals surface area contributed by atoms with Crippen molar-refractivity contribution < 1.29 is 22.7 Å². The Morgan fingerprint density at radius 1 is 1.19 bits per heavy atom. The van der Waals surface area contributed by atoms with Gasteiger partial charge in [0.25, 0.3) is 0 Å². The van der Waals surface area contributed by atoms with Crippen LogP contribution in [0, 0.1) is 0 Å². The molecule has 1 N–H and O–H groups in total. The summed E-state index contributed by atoms with van der Waals surface area (Å²) in [6.07, 6.45) is 1.63. The summed E-state index contributed by atoms with van der Waals surface area (Å²) in [5.41, 5.74) is 1.05. The van der Waals surface area contributed by atoms with Crippen LogP contribution in [0.2, 0.25) is 0 Å². The van der Waals surface area contributed by atoms with Gasteiger partial charge in [0.1, 0.15) is 19.8 Å². The fourth-order valence-corrected chi connectivity index (χ4v) is 3.63. The lowest BCUT2D eigenvalue weighted by Crippen LogP contribution is -2.41. The zero-order valence-electron chi connectivity index (χ0n) is 14.9. The van der Waals surface area contributed by atoms with Gasteiger partial charge in [-0.05, 0) is 31.2 Å². The number of hydrogen-bond acceptors (Lipinski definition) is 6. The van der Waals surface area contributed by atoms with Crippen LogP contribution in [0.3, 0.4) is 0 Å². The van der Waals surface area contributed by atoms with Crippen molar-refractivity contribution >= 4 is 21.6 Å². The smallest absolute Gasteiger partial charge is 0.241 e. The third kappa shape index (κ3) is 4.68. The fourth-order valence-electron chi connectivity index (χ4n) is 2.57. The van der Waals surface area contributed by atoms with Crippen LogP contribution in [0.15, 0.2) is 42.6 Å². The summed E-state index contributed by atoms with van der Waals surface area (Å²) in [5, 5.41) is 2.69. The fraction of sp³-hybridized carbons (Fsp3) is 0.333. The number of nitrogens with zero attached hydrogens (tertiary/aromatic N) is 2. The molecule has 9 heteroatoms. The number of carbonyl (C=O) groups excluding carboxylic acids is 1. The summed E-state index contributed by atoms with van der Waals surface area (Å²) < 4.78 is 37.1. The number of anilines is 1. The van der Waals surface area contributed by atoms with Gasteiger partial charge in [-0.1, -0.05) is 6.07 Å². The third-order valence-corrected chi connectivity index (χ3v) is 5.74. The Bertz CT molecular complexity index is 902. The average Bonchev–Trinajstić information content (AvgIpc) is 2.70. The summed E-state index contributed by atoms with van der Waals surface area (Å²) in [4.78, 5) is 16.5. The Hall–Kier alpha value is -2.81. The number of benzene rings is 1. The van der Waals surface area contributed by atoms with Gasteiger partial charge < -0.3 is 14.8 Å². The average molecular weight is 391 g/mol. The van der Waals surface area contributed by atoms with Crippen molar-refractivity contribution in [1.29, 1.82) is 0 Å². The normalized spacial score (nSPS) is 13.1. The number of nitrogens with one attached hydrogen (secondary N) is 1. The number of hydrogen-bond donors (Lipinski definition) is 1. The topological polar surface area (TPSA) is 97.8 Å². The standard InChI is InChI=1S/C18H21N3O5S/c1-2-27(23,24)21(13-18(22)20-12-14-5-3-4-8-19-14)15-6-7-16-17(11-15)26-10-9-25-16/h3-8,11H,2,9-10,12-13H2,1H3,(H,20,22). The van der Waals surface area contributed by atoms with Gasteiger partial charge in [0.05, 0.1) is 23.7 Å². The van der Waals surface area contributed by atoms with Crippen molar-refractivity contribution in [2.24, 2.45) is 0 Å². The van der Waals surface area contributed by atoms with Crippen molar-refractivity contribution in [2.75, 3.05) is 29.8 Å². The first-order chi connectivity index (χ1) is 13.0. The summed E-state index contributed by atoms with van der Waals surface area (Å²) in [5.74, 6) is 0.463. The van der Waals surface area contributed by atoms with Crippen LogP contribution in [0.1, 0.15) is 12.6 Å². The van der Waals surface area contributed by atoms with E-state index >= 15 is 0 Å². The number of ether oxygens (including phenoxy) is 2. The molecule has 1 aromatic carbocycles. The minimum Gasteiger partial charge on any atom is -0.486 e. The predicted molar refractivity (Wildman–Crippen MR) is 100 cm³/mol. The molecule has 1 amide bonds. The van der Waals surface area contributed by atoms with E-state index in [1.807, 2.05) is 6.07 Å². The Balaban J connectivity index is 1.77. The van der Waals surface area contributed by atoms with Crippen LogP contribution in [-0.4, -0.2) is 44.8 Å². The summed E-state index contributed by atoms with van der Waals surface area (Å²) in [6.45, 7) is 2.26. The number of rotatable bonds is 7. The predicted octanol–water partition coefficient (Wildman–Crippen LogP) is 1.33. The molecule has 3 rings (SSSR count). The number of carbonyl (C=O) groups is 1. The Kier molecular flexibility index (Phi) is 5.80. The second-order valence-corrected chi connectivity index (χ2v) is 8.01. The van der Waals surface area contributed by atoms with E-state index in [-0.39, 0.29) is 18.8 Å². The monoisotopic (exact) mass is 391 g/mol. The number of aromatic nitrogens is 1. The van der Waals surface area contributed by atoms with Crippen LogP contribution < -0.4 is 19.1 Å². The van der Waals surface area contributed by atoms with Gasteiger partial charge in [-0.3, -0.25) is 14.1 Å². The lowest BCUT2D eigenvalue weighted by atomic mass is 10.2. The maximum atomic E-state index is 12.5. The molecule has 2 aromatic rings. The van der Waals surface area contributed by atoms with E-state index < -0.39 is 15.9 Å². The van der Waals surface area contributed by atoms with Crippen molar-refractivity contribution in [3.05, 3.63) is 48.3 Å². The van der Waals surface area contributed by atoms with E-state index in [2.05, 4.69) is 10.3 Å². The van der Waals surface area contributed by atoms with Crippen molar-refractivity contribution in [1.82, 2.24) is 10.3 Å². The molecule has 0 unspecified atom stereocenters. The van der Waals surface area contributed by atoms with Gasteiger partial charge >= 0.3 is 0 Å². The molecule has 0 fully saturated rings. The molecule has 27 heavy (non-hydrogen) atoms. The van der Waals surface area contributed by atoms with Crippen LogP contribution in [0.25, 0.3) is 0 Å². The maximum Gasteiger partial charge on any atom is 0.241 e. The second kappa shape index (κ2) is 8.26. The molecule has 2 heterocycles. The van der Waals surface area contributed by atoms with Gasteiger partial charge in [0.2, 0.25) is 15.9 Å². The van der Waals surface area contributed by atoms with E-state index in [0.29, 0.717) is 36.1 Å². The van der Waals surface area contributed by atoms with Gasteiger partial charge in [0.15, 0.2) is 11.5 Å². The second-order valence-electron chi connectivity index (χ2n) is 5.83. The first-order valence-electron chi connectivity index (χ1n) is 8.56. The quantitative estimate of drug-likeness (QED) is 0.765. The molecule has 0 radical (unpaired) electrons. The van der Waals surface area contributed by atoms with Crippen LogP contribution >= 0.6 is 0 Å². The van der Waals surface area contributed by atoms with Crippen LogP contribution in [-0.2, 0) is 21.4 Å². The maximum absolute atomic E-state index is 12.5. The van der Waals surface area contributed by atoms with E-state index in [9.17, 15) is 13.2 Å². The zero-order valence-corrected chi connectivity index (χ0v) is 15.7. The molecule has 0 saturated carbocycles. The molecule has 0 atom stereocenters. The molecule has 0 spiro atoms. The van der Waals surface area contributed by atoms with Crippen molar-refractivity contribution in [3.8, 4) is 11.5 Å². The molecular weight excluding hydrogens is 370 g/mol. The molecule has 0 bridgehead atoms. The Labute approximate surface area is 158 Å². The molecule has 1 aromatic heterocycles.